The van der Waals surface area contributed by atoms with Gasteiger partial charge >= 0.3 is 0 Å². The second-order valence-electron chi connectivity index (χ2n) is 5.38. The van der Waals surface area contributed by atoms with Crippen molar-refractivity contribution >= 4 is 5.96 Å². The number of nitrogens with zero attached hydrogens (tertiary/aromatic N) is 1. The predicted molar refractivity (Wildman–Crippen MR) is 89.7 cm³/mol. The van der Waals surface area contributed by atoms with E-state index in [0.29, 0.717) is 11.7 Å². The van der Waals surface area contributed by atoms with Gasteiger partial charge in [0.05, 0.1) is 0 Å². The third kappa shape index (κ3) is 8.95. The molecule has 0 spiro atoms. The summed E-state index contributed by atoms with van der Waals surface area (Å²) < 4.78 is 0. The molecule has 4 N–H and O–H groups in total. The molecule has 0 atom stereocenters. The zero-order valence-corrected chi connectivity index (χ0v) is 13.1. The molecule has 0 unspecified atom stereocenters. The van der Waals surface area contributed by atoms with Crippen molar-refractivity contribution in [2.45, 2.75) is 51.9 Å². The molecule has 0 amide bonds. The van der Waals surface area contributed by atoms with Gasteiger partial charge in [-0.1, -0.05) is 51.2 Å². The van der Waals surface area contributed by atoms with Crippen LogP contribution in [0.4, 0.5) is 0 Å². The summed E-state index contributed by atoms with van der Waals surface area (Å²) in [5.74, 6) is 0.820. The number of hydrogen-bond donors (Lipinski definition) is 3. The summed E-state index contributed by atoms with van der Waals surface area (Å²) in [6.07, 6.45) is 8.42. The highest BCUT2D eigenvalue weighted by atomic mass is 16.3. The maximum atomic E-state index is 9.37. The van der Waals surface area contributed by atoms with Crippen LogP contribution in [0.25, 0.3) is 0 Å². The monoisotopic (exact) mass is 291 g/mol. The molecule has 1 rings (SSSR count). The summed E-state index contributed by atoms with van der Waals surface area (Å²) in [6, 6.07) is 7.28. The quantitative estimate of drug-likeness (QED) is 0.352. The Morgan fingerprint density at radius 3 is 2.71 bits per heavy atom. The van der Waals surface area contributed by atoms with E-state index in [0.717, 1.165) is 31.5 Å². The molecule has 0 aromatic heterocycles. The molecule has 4 nitrogen and oxygen atoms in total. The van der Waals surface area contributed by atoms with Crippen LogP contribution in [-0.2, 0) is 6.42 Å². The van der Waals surface area contributed by atoms with Crippen LogP contribution in [-0.4, -0.2) is 24.2 Å². The Labute approximate surface area is 128 Å². The van der Waals surface area contributed by atoms with E-state index >= 15 is 0 Å². The lowest BCUT2D eigenvalue weighted by Crippen LogP contribution is -2.33. The summed E-state index contributed by atoms with van der Waals surface area (Å²) in [7, 11) is 0. The molecular weight excluding hydrogens is 262 g/mol. The minimum absolute atomic E-state index is 0.303. The van der Waals surface area contributed by atoms with Crippen molar-refractivity contribution in [1.82, 2.24) is 5.32 Å². The van der Waals surface area contributed by atoms with Gasteiger partial charge in [-0.05, 0) is 30.5 Å². The molecular formula is C17H29N3O. The molecule has 0 radical (unpaired) electrons. The maximum absolute atomic E-state index is 9.37. The first kappa shape index (κ1) is 17.3. The van der Waals surface area contributed by atoms with E-state index in [1.807, 2.05) is 12.1 Å². The van der Waals surface area contributed by atoms with Crippen molar-refractivity contribution in [1.29, 1.82) is 0 Å². The Bertz CT molecular complexity index is 418. The summed E-state index contributed by atoms with van der Waals surface area (Å²) in [5, 5.41) is 12.5. The zero-order chi connectivity index (χ0) is 15.3. The molecule has 1 aromatic rings. The first-order valence-electron chi connectivity index (χ1n) is 8.04. The van der Waals surface area contributed by atoms with Crippen LogP contribution < -0.4 is 11.1 Å². The Morgan fingerprint density at radius 2 is 1.95 bits per heavy atom. The minimum atomic E-state index is 0.303. The molecule has 1 aromatic carbocycles. The van der Waals surface area contributed by atoms with E-state index < -0.39 is 0 Å². The van der Waals surface area contributed by atoms with Gasteiger partial charge in [0.2, 0.25) is 0 Å². The van der Waals surface area contributed by atoms with Gasteiger partial charge in [0.25, 0.3) is 0 Å². The Kier molecular flexibility index (Phi) is 9.09. The number of unbranched alkanes of at least 4 members (excludes halogenated alkanes) is 5. The standard InChI is InChI=1S/C17H29N3O/c1-2-3-4-5-6-7-12-19-17(18)20-13-11-15-9-8-10-16(21)14-15/h8-10,14,21H,2-7,11-13H2,1H3,(H3,18,19,20). The van der Waals surface area contributed by atoms with Gasteiger partial charge in [-0.3, -0.25) is 4.99 Å². The highest BCUT2D eigenvalue weighted by Crippen LogP contribution is 2.10. The highest BCUT2D eigenvalue weighted by molar-refractivity contribution is 5.77. The van der Waals surface area contributed by atoms with E-state index in [1.165, 1.54) is 32.1 Å². The number of nitrogens with one attached hydrogen (secondary N) is 1. The fraction of sp³-hybridized carbons (Fsp3) is 0.588. The zero-order valence-electron chi connectivity index (χ0n) is 13.1. The molecule has 0 aliphatic carbocycles. The number of aromatic hydroxyl groups is 1. The van der Waals surface area contributed by atoms with E-state index in [-0.39, 0.29) is 0 Å². The van der Waals surface area contributed by atoms with E-state index in [1.54, 1.807) is 12.1 Å². The minimum Gasteiger partial charge on any atom is -0.508 e. The number of benzene rings is 1. The molecule has 118 valence electrons. The molecule has 4 heteroatoms. The molecule has 0 saturated heterocycles. The van der Waals surface area contributed by atoms with Crippen LogP contribution in [0.15, 0.2) is 29.3 Å². The van der Waals surface area contributed by atoms with Crippen molar-refractivity contribution in [3.63, 3.8) is 0 Å². The van der Waals surface area contributed by atoms with Gasteiger partial charge < -0.3 is 16.2 Å². The van der Waals surface area contributed by atoms with Gasteiger partial charge in [-0.25, -0.2) is 0 Å². The van der Waals surface area contributed by atoms with Gasteiger partial charge in [0, 0.05) is 13.1 Å². The van der Waals surface area contributed by atoms with Crippen LogP contribution in [0.5, 0.6) is 5.75 Å². The normalized spacial score (nSPS) is 11.6. The van der Waals surface area contributed by atoms with Crippen LogP contribution >= 0.6 is 0 Å². The fourth-order valence-electron chi connectivity index (χ4n) is 2.19. The lowest BCUT2D eigenvalue weighted by molar-refractivity contribution is 0.474. The summed E-state index contributed by atoms with van der Waals surface area (Å²) in [4.78, 5) is 4.32. The largest absolute Gasteiger partial charge is 0.508 e. The second kappa shape index (κ2) is 11.0. The highest BCUT2D eigenvalue weighted by Gasteiger charge is 1.96. The number of phenolic OH excluding ortho intramolecular Hbond substituents is 1. The first-order chi connectivity index (χ1) is 10.2. The number of phenols is 1. The lowest BCUT2D eigenvalue weighted by atomic mass is 10.1. The van der Waals surface area contributed by atoms with E-state index in [4.69, 9.17) is 5.73 Å². The van der Waals surface area contributed by atoms with E-state index in [9.17, 15) is 5.11 Å². The summed E-state index contributed by atoms with van der Waals surface area (Å²) in [5.41, 5.74) is 6.91. The van der Waals surface area contributed by atoms with Gasteiger partial charge in [0.15, 0.2) is 5.96 Å². The number of hydrogen-bond acceptors (Lipinski definition) is 2. The van der Waals surface area contributed by atoms with Crippen LogP contribution in [0, 0.1) is 0 Å². The fourth-order valence-corrected chi connectivity index (χ4v) is 2.19. The van der Waals surface area contributed by atoms with Gasteiger partial charge in [0.1, 0.15) is 5.75 Å². The number of rotatable bonds is 10. The Hall–Kier alpha value is -1.71. The van der Waals surface area contributed by atoms with Crippen LogP contribution in [0.3, 0.4) is 0 Å². The smallest absolute Gasteiger partial charge is 0.188 e. The van der Waals surface area contributed by atoms with Crippen molar-refractivity contribution in [3.8, 4) is 5.75 Å². The molecule has 0 saturated carbocycles. The summed E-state index contributed by atoms with van der Waals surface area (Å²) >= 11 is 0. The second-order valence-corrected chi connectivity index (χ2v) is 5.38. The van der Waals surface area contributed by atoms with Gasteiger partial charge in [-0.2, -0.15) is 0 Å². The molecule has 0 heterocycles. The first-order valence-corrected chi connectivity index (χ1v) is 8.04. The average molecular weight is 291 g/mol. The topological polar surface area (TPSA) is 70.6 Å². The molecule has 0 fully saturated rings. The van der Waals surface area contributed by atoms with Crippen molar-refractivity contribution in [2.75, 3.05) is 13.1 Å². The SMILES string of the molecule is CCCCCCCCN=C(N)NCCc1cccc(O)c1. The Balaban J connectivity index is 2.07. The third-order valence-electron chi connectivity index (χ3n) is 3.42. The van der Waals surface area contributed by atoms with Crippen molar-refractivity contribution in [3.05, 3.63) is 29.8 Å². The predicted octanol–water partition coefficient (Wildman–Crippen LogP) is 3.20. The molecule has 0 aliphatic heterocycles. The molecule has 0 aliphatic rings. The number of aliphatic imine (C=N–C) groups is 1. The molecule has 0 bridgehead atoms. The maximum Gasteiger partial charge on any atom is 0.188 e. The average Bonchev–Trinajstić information content (AvgIpc) is 2.46. The number of nitrogens with two attached hydrogens (primary N) is 1. The lowest BCUT2D eigenvalue weighted by Gasteiger charge is -2.06. The Morgan fingerprint density at radius 1 is 1.19 bits per heavy atom. The third-order valence-corrected chi connectivity index (χ3v) is 3.42. The van der Waals surface area contributed by atoms with Crippen molar-refractivity contribution < 1.29 is 5.11 Å². The summed E-state index contributed by atoms with van der Waals surface area (Å²) in [6.45, 7) is 3.76. The molecule has 21 heavy (non-hydrogen) atoms. The van der Waals surface area contributed by atoms with Crippen LogP contribution in [0.1, 0.15) is 51.0 Å². The van der Waals surface area contributed by atoms with Gasteiger partial charge in [-0.15, -0.1) is 0 Å². The number of guanidine groups is 1. The van der Waals surface area contributed by atoms with E-state index in [2.05, 4.69) is 17.2 Å². The van der Waals surface area contributed by atoms with Crippen LogP contribution in [0.2, 0.25) is 0 Å². The van der Waals surface area contributed by atoms with Crippen molar-refractivity contribution in [2.24, 2.45) is 10.7 Å².